The van der Waals surface area contributed by atoms with Crippen LogP contribution in [0.15, 0.2) is 40.1 Å². The Morgan fingerprint density at radius 1 is 1.44 bits per heavy atom. The molecule has 0 spiro atoms. The number of aryl methyl sites for hydroxylation is 1. The van der Waals surface area contributed by atoms with E-state index >= 15 is 0 Å². The van der Waals surface area contributed by atoms with Gasteiger partial charge in [-0.1, -0.05) is 11.8 Å². The van der Waals surface area contributed by atoms with Gasteiger partial charge in [-0.3, -0.25) is 20.3 Å². The molecule has 0 radical (unpaired) electrons. The molecule has 10 nitrogen and oxygen atoms in total. The fraction of sp³-hybridized carbons (Fsp3) is 0.375. The summed E-state index contributed by atoms with van der Waals surface area (Å²) in [6, 6.07) is 1.99. The highest BCUT2D eigenvalue weighted by molar-refractivity contribution is 8.14. The summed E-state index contributed by atoms with van der Waals surface area (Å²) in [5.41, 5.74) is 10.9. The third-order valence-corrected chi connectivity index (χ3v) is 5.89. The van der Waals surface area contributed by atoms with Crippen molar-refractivity contribution in [2.45, 2.75) is 24.4 Å². The Kier molecular flexibility index (Phi) is 4.40. The van der Waals surface area contributed by atoms with Gasteiger partial charge in [0.15, 0.2) is 0 Å². The third-order valence-electron chi connectivity index (χ3n) is 4.62. The smallest absolute Gasteiger partial charge is 0.291 e. The van der Waals surface area contributed by atoms with Gasteiger partial charge in [0.25, 0.3) is 5.56 Å². The molecule has 0 saturated carbocycles. The number of thioether (sulfide) groups is 1. The molecule has 0 aliphatic carbocycles. The lowest BCUT2D eigenvalue weighted by atomic mass is 10.2. The van der Waals surface area contributed by atoms with Crippen molar-refractivity contribution in [3.05, 3.63) is 52.0 Å². The van der Waals surface area contributed by atoms with E-state index in [0.717, 1.165) is 16.3 Å². The maximum Gasteiger partial charge on any atom is 0.291 e. The first-order valence-electron chi connectivity index (χ1n) is 8.43. The molecule has 11 heteroatoms. The minimum atomic E-state index is -0.181. The van der Waals surface area contributed by atoms with Crippen molar-refractivity contribution in [3.63, 3.8) is 0 Å². The normalized spacial score (nSPS) is 21.2. The topological polar surface area (TPSA) is 132 Å². The Bertz CT molecular complexity index is 992. The van der Waals surface area contributed by atoms with E-state index in [-0.39, 0.29) is 23.5 Å². The highest BCUT2D eigenvalue weighted by atomic mass is 32.2. The highest BCUT2D eigenvalue weighted by Crippen LogP contribution is 2.49. The van der Waals surface area contributed by atoms with Gasteiger partial charge in [0, 0.05) is 44.2 Å². The summed E-state index contributed by atoms with van der Waals surface area (Å²) >= 11 is 1.68. The van der Waals surface area contributed by atoms with E-state index < -0.39 is 0 Å². The second-order valence-corrected chi connectivity index (χ2v) is 7.76. The number of fused-ring (bicyclic) bond motifs is 3. The van der Waals surface area contributed by atoms with Gasteiger partial charge in [0.05, 0.1) is 28.7 Å². The number of rotatable bonds is 5. The molecule has 2 aliphatic rings. The minimum absolute atomic E-state index is 0.0668. The number of likely N-dealkylation sites (N-methyl/N-ethyl adjacent to an activating group) is 1. The number of anilines is 1. The van der Waals surface area contributed by atoms with E-state index in [4.69, 9.17) is 16.6 Å². The quantitative estimate of drug-likeness (QED) is 0.460. The molecule has 2 atom stereocenters. The summed E-state index contributed by atoms with van der Waals surface area (Å²) in [6.07, 6.45) is 5.69. The van der Waals surface area contributed by atoms with Crippen molar-refractivity contribution in [1.82, 2.24) is 25.0 Å². The fourth-order valence-electron chi connectivity index (χ4n) is 3.39. The zero-order valence-corrected chi connectivity index (χ0v) is 15.8. The average Bonchev–Trinajstić information content (AvgIpc) is 3.28. The number of hydrogen-bond acceptors (Lipinski definition) is 9. The van der Waals surface area contributed by atoms with Crippen LogP contribution in [-0.4, -0.2) is 37.8 Å². The molecule has 0 fully saturated rings. The van der Waals surface area contributed by atoms with E-state index in [1.54, 1.807) is 22.6 Å². The summed E-state index contributed by atoms with van der Waals surface area (Å²) in [4.78, 5) is 19.6. The van der Waals surface area contributed by atoms with E-state index in [9.17, 15) is 4.79 Å². The van der Waals surface area contributed by atoms with Crippen molar-refractivity contribution in [1.29, 1.82) is 0 Å². The van der Waals surface area contributed by atoms with Crippen LogP contribution in [0.3, 0.4) is 0 Å². The number of allylic oxidation sites excluding steroid dienone is 1. The second kappa shape index (κ2) is 6.74. The van der Waals surface area contributed by atoms with Crippen molar-refractivity contribution in [2.75, 3.05) is 11.9 Å². The standard InChI is InChI=1S/C16H21N9OS/c1-23-4-3-10(22-23)5-12-21-15-14(27-12)11-7-20-25(8-9(17)6-19-18)16(26)13(11)24(15)2/h3-4,6-7,14-15,19H,5,8,17-18H2,1-2H3/b9-6-. The molecule has 0 bridgehead atoms. The van der Waals surface area contributed by atoms with Crippen LogP contribution in [0.1, 0.15) is 16.5 Å². The molecular weight excluding hydrogens is 366 g/mol. The van der Waals surface area contributed by atoms with Gasteiger partial charge < -0.3 is 16.1 Å². The number of hydrogen-bond donors (Lipinski definition) is 3. The SMILES string of the molecule is CN1c2c(cnn(C/C(N)=C/NN)c2=O)C2SC(Cc3ccn(C)n3)=NC21. The second-order valence-electron chi connectivity index (χ2n) is 6.54. The Hall–Kier alpha value is -2.79. The van der Waals surface area contributed by atoms with Gasteiger partial charge in [-0.2, -0.15) is 10.2 Å². The molecule has 0 aromatic carbocycles. The third kappa shape index (κ3) is 3.08. The number of nitrogens with two attached hydrogens (primary N) is 2. The van der Waals surface area contributed by atoms with Crippen LogP contribution in [0.5, 0.6) is 0 Å². The van der Waals surface area contributed by atoms with Gasteiger partial charge in [-0.15, -0.1) is 0 Å². The van der Waals surface area contributed by atoms with Crippen molar-refractivity contribution >= 4 is 22.5 Å². The molecule has 2 aromatic heterocycles. The Morgan fingerprint density at radius 3 is 2.96 bits per heavy atom. The lowest BCUT2D eigenvalue weighted by Crippen LogP contribution is -2.33. The summed E-state index contributed by atoms with van der Waals surface area (Å²) in [5, 5.41) is 9.79. The molecule has 2 aliphatic heterocycles. The van der Waals surface area contributed by atoms with Gasteiger partial charge in [-0.05, 0) is 6.07 Å². The zero-order chi connectivity index (χ0) is 19.1. The van der Waals surface area contributed by atoms with Crippen molar-refractivity contribution < 1.29 is 0 Å². The van der Waals surface area contributed by atoms with E-state index in [0.29, 0.717) is 17.8 Å². The molecular formula is C16H21N9OS. The molecule has 0 amide bonds. The molecule has 0 saturated heterocycles. The Balaban J connectivity index is 1.59. The van der Waals surface area contributed by atoms with Crippen LogP contribution in [0.2, 0.25) is 0 Å². The van der Waals surface area contributed by atoms with Crippen molar-refractivity contribution in [2.24, 2.45) is 23.6 Å². The average molecular weight is 387 g/mol. The number of nitrogens with one attached hydrogen (secondary N) is 1. The first-order chi connectivity index (χ1) is 13.0. The van der Waals surface area contributed by atoms with Crippen LogP contribution < -0.4 is 27.5 Å². The van der Waals surface area contributed by atoms with Crippen LogP contribution in [0.25, 0.3) is 0 Å². The lowest BCUT2D eigenvalue weighted by Gasteiger charge is -2.18. The van der Waals surface area contributed by atoms with Gasteiger partial charge in [0.1, 0.15) is 11.9 Å². The van der Waals surface area contributed by atoms with E-state index in [2.05, 4.69) is 15.6 Å². The summed E-state index contributed by atoms with van der Waals surface area (Å²) in [6.45, 7) is 0.167. The summed E-state index contributed by atoms with van der Waals surface area (Å²) < 4.78 is 3.12. The summed E-state index contributed by atoms with van der Waals surface area (Å²) in [5.74, 6) is 5.22. The fourth-order valence-corrected chi connectivity index (χ4v) is 4.75. The van der Waals surface area contributed by atoms with Gasteiger partial charge in [0.2, 0.25) is 0 Å². The molecule has 4 rings (SSSR count). The maximum absolute atomic E-state index is 12.9. The monoisotopic (exact) mass is 387 g/mol. The first kappa shape index (κ1) is 17.6. The van der Waals surface area contributed by atoms with E-state index in [1.807, 2.05) is 31.3 Å². The van der Waals surface area contributed by atoms with Crippen LogP contribution >= 0.6 is 11.8 Å². The molecule has 4 heterocycles. The van der Waals surface area contributed by atoms with Crippen molar-refractivity contribution in [3.8, 4) is 0 Å². The predicted molar refractivity (Wildman–Crippen MR) is 105 cm³/mol. The summed E-state index contributed by atoms with van der Waals surface area (Å²) in [7, 11) is 3.79. The Labute approximate surface area is 159 Å². The van der Waals surface area contributed by atoms with Crippen LogP contribution in [-0.2, 0) is 20.0 Å². The molecule has 27 heavy (non-hydrogen) atoms. The van der Waals surface area contributed by atoms with Gasteiger partial charge in [-0.25, -0.2) is 4.68 Å². The predicted octanol–water partition coefficient (Wildman–Crippen LogP) is -0.555. The maximum atomic E-state index is 12.9. The highest BCUT2D eigenvalue weighted by Gasteiger charge is 2.44. The molecule has 2 unspecified atom stereocenters. The molecule has 5 N–H and O–H groups in total. The largest absolute Gasteiger partial charge is 0.399 e. The van der Waals surface area contributed by atoms with Crippen LogP contribution in [0.4, 0.5) is 5.69 Å². The number of aromatic nitrogens is 4. The van der Waals surface area contributed by atoms with Crippen LogP contribution in [0, 0.1) is 0 Å². The molecule has 142 valence electrons. The first-order valence-corrected chi connectivity index (χ1v) is 9.31. The van der Waals surface area contributed by atoms with E-state index in [1.165, 1.54) is 10.9 Å². The number of nitrogens with zero attached hydrogens (tertiary/aromatic N) is 6. The molecule has 2 aromatic rings. The van der Waals surface area contributed by atoms with Gasteiger partial charge >= 0.3 is 0 Å². The Morgan fingerprint density at radius 2 is 2.26 bits per heavy atom. The number of hydrazine groups is 1. The number of aliphatic imine (C=N–C) groups is 1. The lowest BCUT2D eigenvalue weighted by molar-refractivity contribution is 0.621. The minimum Gasteiger partial charge on any atom is -0.399 e. The zero-order valence-electron chi connectivity index (χ0n) is 15.0.